The van der Waals surface area contributed by atoms with E-state index in [9.17, 15) is 4.79 Å². The van der Waals surface area contributed by atoms with Crippen LogP contribution in [0.15, 0.2) is 60.7 Å². The number of ether oxygens (including phenoxy) is 2. The first kappa shape index (κ1) is 15.5. The van der Waals surface area contributed by atoms with Crippen molar-refractivity contribution in [3.05, 3.63) is 88.5 Å². The topological polar surface area (TPSA) is 35.5 Å². The van der Waals surface area contributed by atoms with Crippen LogP contribution in [0.5, 0.6) is 17.2 Å². The first-order valence-electron chi connectivity index (χ1n) is 8.28. The van der Waals surface area contributed by atoms with Gasteiger partial charge in [0.25, 0.3) is 0 Å². The monoisotopic (exact) mass is 330 g/mol. The van der Waals surface area contributed by atoms with Crippen LogP contribution in [0.2, 0.25) is 0 Å². The minimum atomic E-state index is -0.361. The fourth-order valence-electron chi connectivity index (χ4n) is 3.03. The molecule has 25 heavy (non-hydrogen) atoms. The minimum Gasteiger partial charge on any atom is -0.453 e. The van der Waals surface area contributed by atoms with E-state index in [0.29, 0.717) is 23.5 Å². The lowest BCUT2D eigenvalue weighted by Gasteiger charge is -2.19. The lowest BCUT2D eigenvalue weighted by Crippen LogP contribution is -2.13. The molecule has 0 N–H and O–H groups in total. The number of carbonyl (C=O) groups excluding carboxylic acids is 1. The summed E-state index contributed by atoms with van der Waals surface area (Å²) in [4.78, 5) is 12.7. The zero-order valence-corrected chi connectivity index (χ0v) is 14.2. The average Bonchev–Trinajstić information content (AvgIpc) is 2.59. The highest BCUT2D eigenvalue weighted by Gasteiger charge is 2.20. The number of aryl methyl sites for hydroxylation is 2. The van der Waals surface area contributed by atoms with Gasteiger partial charge in [0.05, 0.1) is 5.56 Å². The van der Waals surface area contributed by atoms with Crippen molar-refractivity contribution in [2.45, 2.75) is 20.3 Å². The van der Waals surface area contributed by atoms with Gasteiger partial charge in [0.2, 0.25) is 0 Å². The lowest BCUT2D eigenvalue weighted by atomic mass is 9.98. The van der Waals surface area contributed by atoms with E-state index in [1.807, 2.05) is 56.3 Å². The summed E-state index contributed by atoms with van der Waals surface area (Å²) in [5.41, 5.74) is 4.72. The van der Waals surface area contributed by atoms with Crippen LogP contribution in [0.3, 0.4) is 0 Å². The summed E-state index contributed by atoms with van der Waals surface area (Å²) in [6.45, 7) is 4.02. The van der Waals surface area contributed by atoms with Crippen molar-refractivity contribution in [1.29, 1.82) is 0 Å². The maximum Gasteiger partial charge on any atom is 0.343 e. The van der Waals surface area contributed by atoms with E-state index in [2.05, 4.69) is 12.1 Å². The summed E-state index contributed by atoms with van der Waals surface area (Å²) >= 11 is 0. The van der Waals surface area contributed by atoms with Gasteiger partial charge in [-0.05, 0) is 60.4 Å². The molecule has 3 aromatic rings. The molecule has 0 saturated heterocycles. The standard InChI is InChI=1S/C22H18O3/c1-14-7-9-17-13-16-5-3-4-6-18(16)22(23)25-19-10-8-15(2)12-21(19)24-20(17)11-14/h3-12H,13H2,1-2H3. The predicted octanol–water partition coefficient (Wildman–Crippen LogP) is 5.22. The van der Waals surface area contributed by atoms with Gasteiger partial charge in [-0.3, -0.25) is 0 Å². The van der Waals surface area contributed by atoms with Crippen molar-refractivity contribution in [2.24, 2.45) is 0 Å². The fraction of sp³-hybridized carbons (Fsp3) is 0.136. The third-order valence-electron chi connectivity index (χ3n) is 4.36. The number of benzene rings is 3. The molecule has 3 heteroatoms. The zero-order chi connectivity index (χ0) is 17.4. The number of rotatable bonds is 0. The maximum absolute atomic E-state index is 12.7. The van der Waals surface area contributed by atoms with Gasteiger partial charge in [-0.2, -0.15) is 0 Å². The molecule has 1 heterocycles. The molecule has 124 valence electrons. The first-order valence-corrected chi connectivity index (χ1v) is 8.28. The number of esters is 1. The van der Waals surface area contributed by atoms with E-state index in [0.717, 1.165) is 28.0 Å². The first-order chi connectivity index (χ1) is 12.1. The second kappa shape index (κ2) is 6.10. The second-order valence-corrected chi connectivity index (χ2v) is 6.39. The Labute approximate surface area is 146 Å². The van der Waals surface area contributed by atoms with Crippen molar-refractivity contribution in [2.75, 3.05) is 0 Å². The predicted molar refractivity (Wildman–Crippen MR) is 96.6 cm³/mol. The van der Waals surface area contributed by atoms with Crippen LogP contribution in [-0.2, 0) is 6.42 Å². The third-order valence-corrected chi connectivity index (χ3v) is 4.36. The number of hydrogen-bond acceptors (Lipinski definition) is 3. The highest BCUT2D eigenvalue weighted by molar-refractivity contribution is 5.93. The van der Waals surface area contributed by atoms with Gasteiger partial charge in [-0.15, -0.1) is 0 Å². The quantitative estimate of drug-likeness (QED) is 0.419. The normalized spacial score (nSPS) is 13.0. The van der Waals surface area contributed by atoms with Crippen LogP contribution in [0.4, 0.5) is 0 Å². The van der Waals surface area contributed by atoms with Crippen LogP contribution < -0.4 is 9.47 Å². The van der Waals surface area contributed by atoms with Crippen molar-refractivity contribution in [3.63, 3.8) is 0 Å². The molecule has 0 unspecified atom stereocenters. The Bertz CT molecular complexity index is 973. The van der Waals surface area contributed by atoms with E-state index in [1.54, 1.807) is 6.07 Å². The van der Waals surface area contributed by atoms with Gasteiger partial charge in [-0.25, -0.2) is 4.79 Å². The largest absolute Gasteiger partial charge is 0.453 e. The Hall–Kier alpha value is -3.07. The maximum atomic E-state index is 12.7. The molecular weight excluding hydrogens is 312 g/mol. The van der Waals surface area contributed by atoms with Gasteiger partial charge in [-0.1, -0.05) is 36.4 Å². The summed E-state index contributed by atoms with van der Waals surface area (Å²) in [5.74, 6) is 1.42. The molecule has 3 aromatic carbocycles. The molecule has 0 bridgehead atoms. The summed E-state index contributed by atoms with van der Waals surface area (Å²) in [5, 5.41) is 0. The highest BCUT2D eigenvalue weighted by atomic mass is 16.6. The molecule has 0 radical (unpaired) electrons. The molecule has 0 fully saturated rings. The van der Waals surface area contributed by atoms with E-state index >= 15 is 0 Å². The number of hydrogen-bond donors (Lipinski definition) is 0. The molecule has 4 rings (SSSR count). The van der Waals surface area contributed by atoms with Crippen molar-refractivity contribution < 1.29 is 14.3 Å². The van der Waals surface area contributed by atoms with Crippen molar-refractivity contribution in [3.8, 4) is 17.2 Å². The SMILES string of the molecule is Cc1ccc2c(c1)Oc1cc(C)ccc1OC(=O)c1ccccc1C2. The fourth-order valence-corrected chi connectivity index (χ4v) is 3.03. The van der Waals surface area contributed by atoms with E-state index in [4.69, 9.17) is 9.47 Å². The van der Waals surface area contributed by atoms with Crippen LogP contribution in [0, 0.1) is 13.8 Å². The third kappa shape index (κ3) is 3.01. The van der Waals surface area contributed by atoms with Crippen molar-refractivity contribution in [1.82, 2.24) is 0 Å². The number of carbonyl (C=O) groups is 1. The van der Waals surface area contributed by atoms with E-state index in [-0.39, 0.29) is 5.97 Å². The smallest absolute Gasteiger partial charge is 0.343 e. The van der Waals surface area contributed by atoms with Gasteiger partial charge in [0, 0.05) is 6.42 Å². The van der Waals surface area contributed by atoms with Crippen LogP contribution >= 0.6 is 0 Å². The second-order valence-electron chi connectivity index (χ2n) is 6.39. The molecule has 0 aromatic heterocycles. The van der Waals surface area contributed by atoms with Gasteiger partial charge < -0.3 is 9.47 Å². The van der Waals surface area contributed by atoms with Crippen molar-refractivity contribution >= 4 is 5.97 Å². The molecular formula is C22H18O3. The molecule has 3 nitrogen and oxygen atoms in total. The zero-order valence-electron chi connectivity index (χ0n) is 14.2. The Morgan fingerprint density at radius 3 is 2.28 bits per heavy atom. The molecule has 0 spiro atoms. The lowest BCUT2D eigenvalue weighted by molar-refractivity contribution is 0.0729. The molecule has 1 aliphatic heterocycles. The van der Waals surface area contributed by atoms with Gasteiger partial charge in [0.1, 0.15) is 5.75 Å². The summed E-state index contributed by atoms with van der Waals surface area (Å²) < 4.78 is 11.8. The minimum absolute atomic E-state index is 0.361. The molecule has 0 saturated carbocycles. The Morgan fingerprint density at radius 1 is 0.720 bits per heavy atom. The Morgan fingerprint density at radius 2 is 1.44 bits per heavy atom. The van der Waals surface area contributed by atoms with Crippen LogP contribution in [0.1, 0.15) is 32.6 Å². The molecule has 0 aliphatic carbocycles. The Kier molecular flexibility index (Phi) is 3.77. The van der Waals surface area contributed by atoms with Crippen LogP contribution in [-0.4, -0.2) is 5.97 Å². The summed E-state index contributed by atoms with van der Waals surface area (Å²) in [6, 6.07) is 19.3. The average molecular weight is 330 g/mol. The van der Waals surface area contributed by atoms with Gasteiger partial charge >= 0.3 is 5.97 Å². The molecule has 1 aliphatic rings. The van der Waals surface area contributed by atoms with Crippen LogP contribution in [0.25, 0.3) is 0 Å². The van der Waals surface area contributed by atoms with E-state index < -0.39 is 0 Å². The number of fused-ring (bicyclic) bond motifs is 3. The van der Waals surface area contributed by atoms with Gasteiger partial charge in [0.15, 0.2) is 11.5 Å². The summed E-state index contributed by atoms with van der Waals surface area (Å²) in [6.07, 6.45) is 0.613. The highest BCUT2D eigenvalue weighted by Crippen LogP contribution is 2.37. The Balaban J connectivity index is 1.94. The summed E-state index contributed by atoms with van der Waals surface area (Å²) in [7, 11) is 0. The molecule has 0 amide bonds. The van der Waals surface area contributed by atoms with E-state index in [1.165, 1.54) is 0 Å². The molecule has 0 atom stereocenters.